The Hall–Kier alpha value is -3.72. The lowest BCUT2D eigenvalue weighted by molar-refractivity contribution is -0.117. The van der Waals surface area contributed by atoms with E-state index in [0.717, 1.165) is 25.2 Å². The monoisotopic (exact) mass is 461 g/mol. The minimum Gasteiger partial charge on any atom is -0.436 e. The number of aromatic nitrogens is 3. The van der Waals surface area contributed by atoms with Crippen LogP contribution in [-0.2, 0) is 9.53 Å². The Kier molecular flexibility index (Phi) is 4.30. The van der Waals surface area contributed by atoms with E-state index in [4.69, 9.17) is 18.3 Å². The predicted molar refractivity (Wildman–Crippen MR) is 131 cm³/mol. The van der Waals surface area contributed by atoms with Crippen LogP contribution in [0.4, 0.5) is 17.3 Å². The molecule has 0 radical (unpaired) electrons. The van der Waals surface area contributed by atoms with E-state index in [0.29, 0.717) is 58.3 Å². The maximum Gasteiger partial charge on any atom is 0.229 e. The van der Waals surface area contributed by atoms with Crippen LogP contribution in [0.1, 0.15) is 17.5 Å². The molecular formula is C25H26N6O3. The number of rotatable bonds is 5. The van der Waals surface area contributed by atoms with Gasteiger partial charge in [-0.25, -0.2) is 15.0 Å². The van der Waals surface area contributed by atoms with E-state index < -0.39 is 6.98 Å². The molecule has 2 fully saturated rings. The Labute approximate surface area is 200 Å². The smallest absolute Gasteiger partial charge is 0.229 e. The van der Waals surface area contributed by atoms with Crippen molar-refractivity contribution in [3.8, 4) is 11.5 Å². The summed E-state index contributed by atoms with van der Waals surface area (Å²) in [5.41, 5.74) is 2.92. The van der Waals surface area contributed by atoms with Crippen molar-refractivity contribution in [2.45, 2.75) is 13.3 Å². The third-order valence-electron chi connectivity index (χ3n) is 6.57. The van der Waals surface area contributed by atoms with Crippen molar-refractivity contribution in [2.75, 3.05) is 48.8 Å². The molecule has 1 aromatic carbocycles. The summed E-state index contributed by atoms with van der Waals surface area (Å²) in [7, 11) is 0. The summed E-state index contributed by atoms with van der Waals surface area (Å²) >= 11 is 0. The first-order valence-electron chi connectivity index (χ1n) is 12.9. The molecule has 3 aromatic heterocycles. The normalized spacial score (nSPS) is 21.7. The van der Waals surface area contributed by atoms with Gasteiger partial charge in [-0.1, -0.05) is 6.92 Å². The van der Waals surface area contributed by atoms with Gasteiger partial charge in [-0.2, -0.15) is 0 Å². The van der Waals surface area contributed by atoms with Gasteiger partial charge in [-0.15, -0.1) is 0 Å². The number of amides is 1. The van der Waals surface area contributed by atoms with Gasteiger partial charge in [0.1, 0.15) is 17.2 Å². The second-order valence-electron chi connectivity index (χ2n) is 8.84. The summed E-state index contributed by atoms with van der Waals surface area (Å²) in [5, 5.41) is 6.42. The van der Waals surface area contributed by atoms with Gasteiger partial charge in [0.2, 0.25) is 11.8 Å². The highest BCUT2D eigenvalue weighted by molar-refractivity contribution is 6.03. The van der Waals surface area contributed by atoms with Crippen LogP contribution in [0.3, 0.4) is 0 Å². The zero-order valence-corrected chi connectivity index (χ0v) is 18.7. The Morgan fingerprint density at radius 3 is 2.82 bits per heavy atom. The predicted octanol–water partition coefficient (Wildman–Crippen LogP) is 3.91. The number of oxazole rings is 1. The van der Waals surface area contributed by atoms with Crippen molar-refractivity contribution in [2.24, 2.45) is 11.8 Å². The molecule has 1 amide bonds. The molecule has 4 heterocycles. The van der Waals surface area contributed by atoms with Crippen molar-refractivity contribution in [3.05, 3.63) is 36.7 Å². The Morgan fingerprint density at radius 1 is 1.18 bits per heavy atom. The SMILES string of the molecule is [2H]C([2H])([2H])Nc1ncc(-c2nc3cc(N4CCOCC4)ccc3o2)c2cc(NC(=O)[C@H]3C[C@H]3C)ncc12. The van der Waals surface area contributed by atoms with E-state index in [1.165, 1.54) is 12.4 Å². The van der Waals surface area contributed by atoms with Crippen LogP contribution in [0, 0.1) is 11.8 Å². The van der Waals surface area contributed by atoms with E-state index in [1.54, 1.807) is 6.07 Å². The number of fused-ring (bicyclic) bond motifs is 2. The molecule has 9 nitrogen and oxygen atoms in total. The summed E-state index contributed by atoms with van der Waals surface area (Å²) < 4.78 is 34.4. The number of anilines is 3. The highest BCUT2D eigenvalue weighted by Crippen LogP contribution is 2.39. The molecule has 1 aliphatic carbocycles. The summed E-state index contributed by atoms with van der Waals surface area (Å²) in [5.74, 6) is 1.14. The van der Waals surface area contributed by atoms with Gasteiger partial charge in [-0.05, 0) is 36.6 Å². The first kappa shape index (κ1) is 17.7. The zero-order valence-electron chi connectivity index (χ0n) is 21.7. The fourth-order valence-corrected chi connectivity index (χ4v) is 4.43. The molecule has 1 saturated carbocycles. The van der Waals surface area contributed by atoms with Crippen molar-refractivity contribution in [3.63, 3.8) is 0 Å². The van der Waals surface area contributed by atoms with Crippen molar-refractivity contribution in [1.29, 1.82) is 0 Å². The standard InChI is InChI=1S/C25H26N6O3/c1-14-9-16(14)24(32)30-22-11-17-18(12-27-22)23(26-2)28-13-19(17)25-29-20-10-15(3-4-21(20)34-25)31-5-7-33-8-6-31/h3-4,10-14,16H,5-9H2,1-2H3,(H,26,28)(H,27,30,32)/t14-,16+/m1/s1/i2D3. The van der Waals surface area contributed by atoms with E-state index in [-0.39, 0.29) is 17.6 Å². The number of nitrogens with zero attached hydrogens (tertiary/aromatic N) is 4. The Morgan fingerprint density at radius 2 is 2.03 bits per heavy atom. The molecule has 2 atom stereocenters. The molecule has 174 valence electrons. The number of carbonyl (C=O) groups is 1. The Bertz CT molecular complexity index is 1500. The van der Waals surface area contributed by atoms with Crippen LogP contribution >= 0.6 is 0 Å². The molecule has 2 N–H and O–H groups in total. The molecule has 1 aliphatic heterocycles. The van der Waals surface area contributed by atoms with Crippen LogP contribution in [0.5, 0.6) is 0 Å². The van der Waals surface area contributed by atoms with E-state index in [1.807, 2.05) is 25.1 Å². The summed E-state index contributed by atoms with van der Waals surface area (Å²) in [6.45, 7) is 2.58. The van der Waals surface area contributed by atoms with Gasteiger partial charge < -0.3 is 24.7 Å². The molecule has 2 aliphatic rings. The number of hydrogen-bond acceptors (Lipinski definition) is 8. The summed E-state index contributed by atoms with van der Waals surface area (Å²) in [6.07, 6.45) is 3.89. The van der Waals surface area contributed by atoms with Gasteiger partial charge in [0.25, 0.3) is 0 Å². The summed E-state index contributed by atoms with van der Waals surface area (Å²) in [6, 6.07) is 7.58. The minimum atomic E-state index is -2.44. The fourth-order valence-electron chi connectivity index (χ4n) is 4.43. The van der Waals surface area contributed by atoms with E-state index in [2.05, 4.69) is 25.5 Å². The lowest BCUT2D eigenvalue weighted by Gasteiger charge is -2.28. The number of hydrogen-bond donors (Lipinski definition) is 2. The van der Waals surface area contributed by atoms with Gasteiger partial charge in [0.15, 0.2) is 5.58 Å². The minimum absolute atomic E-state index is 0.0140. The topological polar surface area (TPSA) is 105 Å². The number of nitrogens with one attached hydrogen (secondary N) is 2. The lowest BCUT2D eigenvalue weighted by Crippen LogP contribution is -2.36. The van der Waals surface area contributed by atoms with Crippen LogP contribution in [0.15, 0.2) is 41.1 Å². The molecule has 34 heavy (non-hydrogen) atoms. The van der Waals surface area contributed by atoms with Crippen molar-refractivity contribution < 1.29 is 18.1 Å². The molecule has 0 bridgehead atoms. The molecule has 9 heteroatoms. The number of carbonyl (C=O) groups excluding carboxylic acids is 1. The quantitative estimate of drug-likeness (QED) is 0.461. The maximum absolute atomic E-state index is 12.5. The molecule has 1 saturated heterocycles. The molecule has 6 rings (SSSR count). The first-order valence-corrected chi connectivity index (χ1v) is 11.4. The number of benzene rings is 1. The van der Waals surface area contributed by atoms with Gasteiger partial charge in [0.05, 0.1) is 18.8 Å². The van der Waals surface area contributed by atoms with Gasteiger partial charge >= 0.3 is 0 Å². The highest BCUT2D eigenvalue weighted by Gasteiger charge is 2.39. The van der Waals surface area contributed by atoms with Crippen LogP contribution in [0.2, 0.25) is 0 Å². The molecule has 0 unspecified atom stereocenters. The third kappa shape index (κ3) is 3.71. The average molecular weight is 462 g/mol. The van der Waals surface area contributed by atoms with E-state index in [9.17, 15) is 4.79 Å². The number of morpholine rings is 1. The largest absolute Gasteiger partial charge is 0.436 e. The fraction of sp³-hybridized carbons (Fsp3) is 0.360. The van der Waals surface area contributed by atoms with Crippen LogP contribution in [-0.4, -0.2) is 54.1 Å². The molecular weight excluding hydrogens is 432 g/mol. The van der Waals surface area contributed by atoms with Crippen molar-refractivity contribution >= 4 is 45.1 Å². The average Bonchev–Trinajstić information content (AvgIpc) is 3.46. The van der Waals surface area contributed by atoms with E-state index >= 15 is 0 Å². The van der Waals surface area contributed by atoms with Crippen LogP contribution < -0.4 is 15.5 Å². The number of pyridine rings is 2. The summed E-state index contributed by atoms with van der Waals surface area (Å²) in [4.78, 5) is 28.2. The second kappa shape index (κ2) is 8.25. The maximum atomic E-state index is 12.5. The molecule has 0 spiro atoms. The van der Waals surface area contributed by atoms with Crippen molar-refractivity contribution in [1.82, 2.24) is 15.0 Å². The highest BCUT2D eigenvalue weighted by atomic mass is 16.5. The lowest BCUT2D eigenvalue weighted by atomic mass is 10.1. The second-order valence-corrected chi connectivity index (χ2v) is 8.84. The van der Waals surface area contributed by atoms with Gasteiger partial charge in [-0.3, -0.25) is 4.79 Å². The zero-order chi connectivity index (χ0) is 25.7. The molecule has 4 aromatic rings. The van der Waals surface area contributed by atoms with Crippen LogP contribution in [0.25, 0.3) is 33.3 Å². The first-order chi connectivity index (χ1) is 17.7. The Balaban J connectivity index is 1.41. The number of ether oxygens (including phenoxy) is 1. The van der Waals surface area contributed by atoms with Gasteiger partial charge in [0, 0.05) is 58.9 Å². The third-order valence-corrected chi connectivity index (χ3v) is 6.57.